The van der Waals surface area contributed by atoms with E-state index >= 15 is 0 Å². The maximum absolute atomic E-state index is 13.2. The fourth-order valence-electron chi connectivity index (χ4n) is 3.78. The summed E-state index contributed by atoms with van der Waals surface area (Å²) >= 11 is 7.43. The van der Waals surface area contributed by atoms with E-state index in [1.807, 2.05) is 65.1 Å². The summed E-state index contributed by atoms with van der Waals surface area (Å²) in [4.78, 5) is 20.3. The van der Waals surface area contributed by atoms with E-state index in [1.54, 1.807) is 18.3 Å². The van der Waals surface area contributed by atoms with Crippen LogP contribution in [0.1, 0.15) is 12.0 Å². The van der Waals surface area contributed by atoms with Gasteiger partial charge in [0.1, 0.15) is 11.2 Å². The molecular weight excluding hydrogens is 466 g/mol. The van der Waals surface area contributed by atoms with Gasteiger partial charge in [-0.15, -0.1) is 11.3 Å². The normalized spacial score (nSPS) is 13.7. The van der Waals surface area contributed by atoms with Crippen LogP contribution in [0, 0.1) is 11.3 Å². The van der Waals surface area contributed by atoms with Crippen LogP contribution in [0.2, 0.25) is 5.02 Å². The van der Waals surface area contributed by atoms with Crippen LogP contribution in [0.5, 0.6) is 0 Å². The van der Waals surface area contributed by atoms with Gasteiger partial charge < -0.3 is 4.90 Å². The average molecular weight is 484 g/mol. The molecule has 0 radical (unpaired) electrons. The van der Waals surface area contributed by atoms with Crippen molar-refractivity contribution >= 4 is 39.4 Å². The molecule has 0 bridgehead atoms. The first-order valence-corrected chi connectivity index (χ1v) is 11.8. The molecule has 2 aromatic heterocycles. The summed E-state index contributed by atoms with van der Waals surface area (Å²) in [6.45, 7) is 0.635. The van der Waals surface area contributed by atoms with Crippen molar-refractivity contribution in [1.82, 2.24) is 14.6 Å². The number of benzene rings is 2. The third kappa shape index (κ3) is 4.55. The Morgan fingerprint density at radius 3 is 2.71 bits per heavy atom. The number of nitrogens with zero attached hydrogens (tertiary/aromatic N) is 5. The molecule has 0 atom stereocenters. The topological polar surface area (TPSA) is 74.3 Å². The number of allylic oxidation sites excluding steroid dienone is 2. The van der Waals surface area contributed by atoms with E-state index in [-0.39, 0.29) is 5.56 Å². The number of halogens is 1. The highest BCUT2D eigenvalue weighted by Gasteiger charge is 2.14. The Bertz CT molecular complexity index is 1540. The highest BCUT2D eigenvalue weighted by molar-refractivity contribution is 7.17. The molecule has 8 heteroatoms. The number of rotatable bonds is 5. The first kappa shape index (κ1) is 21.8. The van der Waals surface area contributed by atoms with Gasteiger partial charge in [-0.2, -0.15) is 15.0 Å². The number of thiophene rings is 1. The maximum Gasteiger partial charge on any atom is 0.283 e. The highest BCUT2D eigenvalue weighted by Crippen LogP contribution is 2.31. The van der Waals surface area contributed by atoms with Crippen LogP contribution in [0.4, 0.5) is 0 Å². The SMILES string of the molecule is N#CC1=CN(Cc2ccccc2)C=C(C=Nn2cnc3scc(-c4ccc(Cl)cc4)c3c2=O)C1. The lowest BCUT2D eigenvalue weighted by atomic mass is 10.1. The minimum absolute atomic E-state index is 0.249. The van der Waals surface area contributed by atoms with Crippen molar-refractivity contribution in [3.05, 3.63) is 111 Å². The fraction of sp³-hybridized carbons (Fsp3) is 0.0769. The Morgan fingerprint density at radius 2 is 1.94 bits per heavy atom. The first-order chi connectivity index (χ1) is 16.6. The highest BCUT2D eigenvalue weighted by atomic mass is 35.5. The molecule has 166 valence electrons. The third-order valence-electron chi connectivity index (χ3n) is 5.38. The molecular formula is C26H18ClN5OS. The van der Waals surface area contributed by atoms with Gasteiger partial charge in [0.05, 0.1) is 23.2 Å². The van der Waals surface area contributed by atoms with Gasteiger partial charge in [-0.05, 0) is 28.8 Å². The summed E-state index contributed by atoms with van der Waals surface area (Å²) in [5, 5.41) is 16.9. The van der Waals surface area contributed by atoms with Crippen LogP contribution in [-0.4, -0.2) is 20.8 Å². The first-order valence-electron chi connectivity index (χ1n) is 10.5. The van der Waals surface area contributed by atoms with E-state index in [4.69, 9.17) is 11.6 Å². The zero-order valence-electron chi connectivity index (χ0n) is 17.9. The Hall–Kier alpha value is -3.99. The van der Waals surface area contributed by atoms with Crippen molar-refractivity contribution in [2.24, 2.45) is 5.10 Å². The summed E-state index contributed by atoms with van der Waals surface area (Å²) in [6, 6.07) is 19.6. The third-order valence-corrected chi connectivity index (χ3v) is 6.52. The van der Waals surface area contributed by atoms with E-state index in [1.165, 1.54) is 22.3 Å². The number of hydrogen-bond donors (Lipinski definition) is 0. The van der Waals surface area contributed by atoms with Gasteiger partial charge in [-0.1, -0.05) is 54.1 Å². The summed E-state index contributed by atoms with van der Waals surface area (Å²) in [5.74, 6) is 0. The van der Waals surface area contributed by atoms with Gasteiger partial charge in [-0.3, -0.25) is 4.79 Å². The van der Waals surface area contributed by atoms with E-state index in [9.17, 15) is 10.1 Å². The summed E-state index contributed by atoms with van der Waals surface area (Å²) in [6.07, 6.45) is 7.27. The van der Waals surface area contributed by atoms with E-state index < -0.39 is 0 Å². The predicted molar refractivity (Wildman–Crippen MR) is 137 cm³/mol. The smallest absolute Gasteiger partial charge is 0.283 e. The monoisotopic (exact) mass is 483 g/mol. The molecule has 34 heavy (non-hydrogen) atoms. The van der Waals surface area contributed by atoms with Crippen LogP contribution in [0.15, 0.2) is 99.7 Å². The Balaban J connectivity index is 1.46. The minimum Gasteiger partial charge on any atom is -0.349 e. The Labute approximate surface area is 205 Å². The molecule has 5 rings (SSSR count). The van der Waals surface area contributed by atoms with Crippen molar-refractivity contribution in [3.8, 4) is 17.2 Å². The lowest BCUT2D eigenvalue weighted by Crippen LogP contribution is -2.18. The van der Waals surface area contributed by atoms with Crippen LogP contribution in [-0.2, 0) is 6.54 Å². The van der Waals surface area contributed by atoms with Crippen LogP contribution < -0.4 is 5.56 Å². The van der Waals surface area contributed by atoms with Gasteiger partial charge in [-0.25, -0.2) is 4.98 Å². The second kappa shape index (κ2) is 9.48. The average Bonchev–Trinajstić information content (AvgIpc) is 3.29. The van der Waals surface area contributed by atoms with Crippen molar-refractivity contribution in [1.29, 1.82) is 5.26 Å². The molecule has 4 aromatic rings. The molecule has 0 N–H and O–H groups in total. The Kier molecular flexibility index (Phi) is 6.09. The van der Waals surface area contributed by atoms with E-state index in [2.05, 4.69) is 16.2 Å². The molecule has 1 aliphatic heterocycles. The zero-order chi connectivity index (χ0) is 23.5. The molecule has 0 saturated carbocycles. The molecule has 0 spiro atoms. The summed E-state index contributed by atoms with van der Waals surface area (Å²) < 4.78 is 1.24. The molecule has 3 heterocycles. The molecule has 6 nitrogen and oxygen atoms in total. The molecule has 2 aromatic carbocycles. The molecule has 0 saturated heterocycles. The fourth-order valence-corrected chi connectivity index (χ4v) is 4.81. The van der Waals surface area contributed by atoms with Gasteiger partial charge in [0.25, 0.3) is 5.56 Å². The van der Waals surface area contributed by atoms with Crippen LogP contribution >= 0.6 is 22.9 Å². The molecule has 0 amide bonds. The zero-order valence-corrected chi connectivity index (χ0v) is 19.5. The van der Waals surface area contributed by atoms with Crippen molar-refractivity contribution in [2.75, 3.05) is 0 Å². The molecule has 1 aliphatic rings. The molecule has 0 fully saturated rings. The number of hydrogen-bond acceptors (Lipinski definition) is 6. The van der Waals surface area contributed by atoms with Gasteiger partial charge in [0.15, 0.2) is 0 Å². The molecule has 0 aliphatic carbocycles. The van der Waals surface area contributed by atoms with Crippen molar-refractivity contribution in [2.45, 2.75) is 13.0 Å². The standard InChI is InChI=1S/C26H18ClN5OS/c27-22-8-6-21(7-9-22)23-16-34-25-24(23)26(33)32(17-29-25)30-12-20-10-19(11-28)14-31(15-20)13-18-4-2-1-3-5-18/h1-9,12,14-17H,10,13H2. The summed E-state index contributed by atoms with van der Waals surface area (Å²) in [5.41, 5.74) is 4.03. The number of aromatic nitrogens is 2. The second-order valence-corrected chi connectivity index (χ2v) is 9.07. The quantitative estimate of drug-likeness (QED) is 0.336. The van der Waals surface area contributed by atoms with Gasteiger partial charge >= 0.3 is 0 Å². The number of fused-ring (bicyclic) bond motifs is 1. The van der Waals surface area contributed by atoms with Crippen molar-refractivity contribution in [3.63, 3.8) is 0 Å². The number of nitriles is 1. The van der Waals surface area contributed by atoms with Gasteiger partial charge in [0.2, 0.25) is 0 Å². The lowest BCUT2D eigenvalue weighted by molar-refractivity contribution is 0.487. The maximum atomic E-state index is 13.2. The Morgan fingerprint density at radius 1 is 1.15 bits per heavy atom. The predicted octanol–water partition coefficient (Wildman–Crippen LogP) is 5.81. The van der Waals surface area contributed by atoms with Gasteiger partial charge in [0, 0.05) is 41.3 Å². The molecule has 0 unspecified atom stereocenters. The van der Waals surface area contributed by atoms with Crippen molar-refractivity contribution < 1.29 is 0 Å². The van der Waals surface area contributed by atoms with Crippen LogP contribution in [0.25, 0.3) is 21.3 Å². The van der Waals surface area contributed by atoms with E-state index in [0.717, 1.165) is 22.3 Å². The van der Waals surface area contributed by atoms with Crippen LogP contribution in [0.3, 0.4) is 0 Å². The minimum atomic E-state index is -0.249. The largest absolute Gasteiger partial charge is 0.349 e. The van der Waals surface area contributed by atoms with E-state index in [0.29, 0.717) is 33.8 Å². The lowest BCUT2D eigenvalue weighted by Gasteiger charge is -2.21. The summed E-state index contributed by atoms with van der Waals surface area (Å²) in [7, 11) is 0. The second-order valence-electron chi connectivity index (χ2n) is 7.78.